The Morgan fingerprint density at radius 2 is 1.95 bits per heavy atom. The van der Waals surface area contributed by atoms with Crippen LogP contribution >= 0.6 is 15.9 Å². The Morgan fingerprint density at radius 1 is 1.25 bits per heavy atom. The molecule has 0 radical (unpaired) electrons. The first-order valence-electron chi connectivity index (χ1n) is 5.57. The molecule has 0 fully saturated rings. The second kappa shape index (κ2) is 6.16. The molecule has 0 amide bonds. The van der Waals surface area contributed by atoms with Crippen LogP contribution in [0.25, 0.3) is 0 Å². The molecule has 0 saturated heterocycles. The molecule has 2 aromatic rings. The van der Waals surface area contributed by atoms with Gasteiger partial charge in [0.1, 0.15) is 0 Å². The van der Waals surface area contributed by atoms with Crippen LogP contribution < -0.4 is 10.5 Å². The second-order valence-electron chi connectivity index (χ2n) is 3.84. The monoisotopic (exact) mass is 334 g/mol. The number of para-hydroxylation sites is 1. The Morgan fingerprint density at radius 3 is 2.60 bits per heavy atom. The van der Waals surface area contributed by atoms with Gasteiger partial charge >= 0.3 is 0 Å². The summed E-state index contributed by atoms with van der Waals surface area (Å²) in [4.78, 5) is 10.0. The van der Waals surface area contributed by atoms with Crippen LogP contribution in [0.4, 0.5) is 11.4 Å². The number of benzene rings is 2. The van der Waals surface area contributed by atoms with Crippen LogP contribution in [0.5, 0.6) is 5.75 Å². The van der Waals surface area contributed by atoms with Crippen molar-refractivity contribution < 1.29 is 10.0 Å². The average Bonchev–Trinajstić information content (AvgIpc) is 2.43. The van der Waals surface area contributed by atoms with Crippen molar-refractivity contribution in [1.29, 1.82) is 0 Å². The molecule has 0 spiro atoms. The quantitative estimate of drug-likeness (QED) is 0.528. The molecule has 0 unspecified atom stereocenters. The molecule has 1 N–H and O–H groups in total. The third-order valence-corrected chi connectivity index (χ3v) is 2.89. The van der Waals surface area contributed by atoms with E-state index in [1.165, 1.54) is 18.3 Å². The van der Waals surface area contributed by atoms with Crippen molar-refractivity contribution in [3.63, 3.8) is 0 Å². The summed E-state index contributed by atoms with van der Waals surface area (Å²) in [6.45, 7) is 0. The van der Waals surface area contributed by atoms with Gasteiger partial charge in [-0.25, -0.2) is 0 Å². The molecule has 2 rings (SSSR count). The van der Waals surface area contributed by atoms with E-state index in [4.69, 9.17) is 0 Å². The minimum Gasteiger partial charge on any atom is -0.867 e. The summed E-state index contributed by atoms with van der Waals surface area (Å²) in [5.41, 5.74) is 3.13. The fourth-order valence-electron chi connectivity index (χ4n) is 1.52. The number of nitro benzene ring substituents is 1. The first-order chi connectivity index (χ1) is 9.58. The van der Waals surface area contributed by atoms with Crippen LogP contribution in [0.2, 0.25) is 0 Å². The number of hydrazone groups is 1. The van der Waals surface area contributed by atoms with Gasteiger partial charge in [0, 0.05) is 10.5 Å². The Hall–Kier alpha value is -2.41. The summed E-state index contributed by atoms with van der Waals surface area (Å²) in [7, 11) is 0. The zero-order valence-corrected chi connectivity index (χ0v) is 11.7. The number of rotatable bonds is 4. The van der Waals surface area contributed by atoms with Crippen molar-refractivity contribution in [2.45, 2.75) is 0 Å². The van der Waals surface area contributed by atoms with Crippen molar-refractivity contribution in [3.8, 4) is 5.75 Å². The van der Waals surface area contributed by atoms with Crippen molar-refractivity contribution in [1.82, 2.24) is 0 Å². The lowest BCUT2D eigenvalue weighted by Gasteiger charge is -2.10. The van der Waals surface area contributed by atoms with Gasteiger partial charge in [0.2, 0.25) is 0 Å². The summed E-state index contributed by atoms with van der Waals surface area (Å²) in [5.74, 6) is -0.670. The van der Waals surface area contributed by atoms with Gasteiger partial charge in [-0.15, -0.1) is 0 Å². The molecule has 0 atom stereocenters. The van der Waals surface area contributed by atoms with Gasteiger partial charge < -0.3 is 5.11 Å². The maximum atomic E-state index is 11.8. The van der Waals surface area contributed by atoms with Gasteiger partial charge in [-0.1, -0.05) is 34.1 Å². The maximum Gasteiger partial charge on any atom is 0.263 e. The van der Waals surface area contributed by atoms with Crippen LogP contribution in [0.1, 0.15) is 5.56 Å². The van der Waals surface area contributed by atoms with Gasteiger partial charge in [-0.2, -0.15) is 5.10 Å². The van der Waals surface area contributed by atoms with E-state index >= 15 is 0 Å². The highest BCUT2D eigenvalue weighted by Gasteiger charge is 2.10. The summed E-state index contributed by atoms with van der Waals surface area (Å²) in [5, 5.41) is 26.5. The van der Waals surface area contributed by atoms with Crippen LogP contribution in [0, 0.1) is 10.1 Å². The molecule has 0 aliphatic rings. The predicted octanol–water partition coefficient (Wildman–Crippen LogP) is 2.88. The highest BCUT2D eigenvalue weighted by Crippen LogP contribution is 2.30. The zero-order valence-electron chi connectivity index (χ0n) is 10.1. The van der Waals surface area contributed by atoms with E-state index < -0.39 is 16.4 Å². The highest BCUT2D eigenvalue weighted by atomic mass is 79.9. The van der Waals surface area contributed by atoms with Crippen molar-refractivity contribution >= 4 is 33.5 Å². The van der Waals surface area contributed by atoms with E-state index in [1.54, 1.807) is 12.1 Å². The predicted molar refractivity (Wildman–Crippen MR) is 77.9 cm³/mol. The first kappa shape index (κ1) is 14.0. The second-order valence-corrected chi connectivity index (χ2v) is 4.75. The van der Waals surface area contributed by atoms with Gasteiger partial charge in [0.25, 0.3) is 5.69 Å². The Kier molecular flexibility index (Phi) is 4.31. The lowest BCUT2D eigenvalue weighted by atomic mass is 10.2. The fourth-order valence-corrected chi connectivity index (χ4v) is 1.98. The molecular formula is C13H9BrN3O3-. The topological polar surface area (TPSA) is 90.6 Å². The number of halogens is 1. The third-order valence-electron chi connectivity index (χ3n) is 2.43. The van der Waals surface area contributed by atoms with Crippen LogP contribution in [-0.4, -0.2) is 11.1 Å². The van der Waals surface area contributed by atoms with Crippen molar-refractivity contribution in [2.75, 3.05) is 5.43 Å². The number of hydrogen-bond donors (Lipinski definition) is 1. The molecule has 102 valence electrons. The Bertz CT molecular complexity index is 659. The number of nitro groups is 1. The van der Waals surface area contributed by atoms with Crippen molar-refractivity contribution in [3.05, 3.63) is 62.6 Å². The highest BCUT2D eigenvalue weighted by molar-refractivity contribution is 9.10. The fraction of sp³-hybridized carbons (Fsp3) is 0. The van der Waals surface area contributed by atoms with E-state index in [0.717, 1.165) is 5.69 Å². The van der Waals surface area contributed by atoms with Crippen LogP contribution in [0.3, 0.4) is 0 Å². The average molecular weight is 335 g/mol. The number of anilines is 1. The maximum absolute atomic E-state index is 11.8. The van der Waals surface area contributed by atoms with Gasteiger partial charge in [0.15, 0.2) is 0 Å². The summed E-state index contributed by atoms with van der Waals surface area (Å²) in [6, 6.07) is 11.8. The van der Waals surface area contributed by atoms with Crippen LogP contribution in [-0.2, 0) is 0 Å². The zero-order chi connectivity index (χ0) is 14.5. The number of nitrogens with zero attached hydrogens (tertiary/aromatic N) is 2. The third kappa shape index (κ3) is 3.33. The molecule has 0 heterocycles. The Labute approximate surface area is 123 Å². The molecule has 0 aliphatic carbocycles. The molecule has 20 heavy (non-hydrogen) atoms. The number of hydrogen-bond acceptors (Lipinski definition) is 5. The van der Waals surface area contributed by atoms with E-state index in [1.807, 2.05) is 18.2 Å². The lowest BCUT2D eigenvalue weighted by Crippen LogP contribution is -2.03. The smallest absolute Gasteiger partial charge is 0.263 e. The summed E-state index contributed by atoms with van der Waals surface area (Å²) >= 11 is 3.13. The minimum absolute atomic E-state index is 0.134. The van der Waals surface area contributed by atoms with Gasteiger partial charge in [-0.3, -0.25) is 15.5 Å². The molecule has 0 aromatic heterocycles. The van der Waals surface area contributed by atoms with E-state index in [9.17, 15) is 15.2 Å². The molecule has 2 aromatic carbocycles. The van der Waals surface area contributed by atoms with E-state index in [0.29, 0.717) is 4.47 Å². The van der Waals surface area contributed by atoms with E-state index in [-0.39, 0.29) is 5.56 Å². The normalized spacial score (nSPS) is 10.7. The molecule has 7 heteroatoms. The van der Waals surface area contributed by atoms with E-state index in [2.05, 4.69) is 26.5 Å². The standard InChI is InChI=1S/C13H10BrN3O3/c14-10-6-9(13(18)12(7-10)17(19)20)8-15-16-11-4-2-1-3-5-11/h1-8,16,18H/p-1/b15-8-. The number of nitrogens with one attached hydrogen (secondary N) is 1. The lowest BCUT2D eigenvalue weighted by molar-refractivity contribution is -0.398. The molecule has 0 saturated carbocycles. The largest absolute Gasteiger partial charge is 0.867 e. The van der Waals surface area contributed by atoms with Crippen molar-refractivity contribution in [2.24, 2.45) is 5.10 Å². The van der Waals surface area contributed by atoms with Gasteiger partial charge in [-0.05, 0) is 29.5 Å². The first-order valence-corrected chi connectivity index (χ1v) is 6.36. The SMILES string of the molecule is O=[N+]([O-])c1cc(Br)cc(/C=N\Nc2ccccc2)c1[O-]. The molecule has 6 nitrogen and oxygen atoms in total. The van der Waals surface area contributed by atoms with Gasteiger partial charge in [0.05, 0.1) is 16.8 Å². The summed E-state index contributed by atoms with van der Waals surface area (Å²) < 4.78 is 0.449. The van der Waals surface area contributed by atoms with Crippen LogP contribution in [0.15, 0.2) is 52.0 Å². The summed E-state index contributed by atoms with van der Waals surface area (Å²) in [6.07, 6.45) is 1.26. The molecule has 0 aliphatic heterocycles. The Balaban J connectivity index is 2.23. The molecule has 0 bridgehead atoms. The minimum atomic E-state index is -0.713. The molecular weight excluding hydrogens is 326 g/mol.